The van der Waals surface area contributed by atoms with Crippen LogP contribution in [0.2, 0.25) is 0 Å². The van der Waals surface area contributed by atoms with Crippen LogP contribution < -0.4 is 32.7 Å². The normalized spacial score (nSPS) is 11.0. The fraction of sp³-hybridized carbons (Fsp3) is 0.540. The summed E-state index contributed by atoms with van der Waals surface area (Å²) in [4.78, 5) is 91.6. The molecule has 11 N–H and O–H groups in total. The zero-order chi connectivity index (χ0) is 55.8. The number of nitrogens with zero attached hydrogens (tertiary/aromatic N) is 3. The molecule has 2 aromatic carbocycles. The highest BCUT2D eigenvalue weighted by Gasteiger charge is 2.27. The van der Waals surface area contributed by atoms with Crippen molar-refractivity contribution in [2.24, 2.45) is 29.2 Å². The fourth-order valence-electron chi connectivity index (χ4n) is 5.35. The van der Waals surface area contributed by atoms with E-state index in [0.29, 0.717) is 25.2 Å². The van der Waals surface area contributed by atoms with Gasteiger partial charge in [0.05, 0.1) is 37.7 Å². The second kappa shape index (κ2) is 42.0. The van der Waals surface area contributed by atoms with Crippen molar-refractivity contribution in [2.45, 2.75) is 114 Å². The summed E-state index contributed by atoms with van der Waals surface area (Å²) in [7, 11) is 3.11. The van der Waals surface area contributed by atoms with E-state index >= 15 is 0 Å². The molecule has 1 heterocycles. The lowest BCUT2D eigenvalue weighted by atomic mass is 10.0. The van der Waals surface area contributed by atoms with Crippen molar-refractivity contribution in [1.82, 2.24) is 36.1 Å². The minimum atomic E-state index is -0.667. The molecule has 0 aliphatic heterocycles. The Bertz CT molecular complexity index is 2000. The molecule has 0 spiro atoms. The average molecular weight is 1000 g/mol. The van der Waals surface area contributed by atoms with Gasteiger partial charge in [0.2, 0.25) is 42.4 Å². The number of phenols is 1. The van der Waals surface area contributed by atoms with Gasteiger partial charge < -0.3 is 57.7 Å². The maximum atomic E-state index is 12.2. The predicted octanol–water partition coefficient (Wildman–Crippen LogP) is 4.21. The number of benzene rings is 2. The maximum Gasteiger partial charge on any atom is 0.310 e. The van der Waals surface area contributed by atoms with E-state index in [4.69, 9.17) is 15.9 Å². The molecule has 7 amide bonds. The molecule has 3 aromatic rings. The third-order valence-corrected chi connectivity index (χ3v) is 8.43. The third-order valence-electron chi connectivity index (χ3n) is 8.43. The summed E-state index contributed by atoms with van der Waals surface area (Å²) in [6.45, 7) is 26.8. The van der Waals surface area contributed by atoms with E-state index in [9.17, 15) is 43.7 Å². The van der Waals surface area contributed by atoms with Crippen LogP contribution in [-0.4, -0.2) is 137 Å². The van der Waals surface area contributed by atoms with E-state index in [2.05, 4.69) is 98.3 Å². The second-order valence-corrected chi connectivity index (χ2v) is 17.7. The minimum Gasteiger partial charge on any atom is -0.502 e. The summed E-state index contributed by atoms with van der Waals surface area (Å²) < 4.78 is 0. The third kappa shape index (κ3) is 39.7. The number of nitrogens with one attached hydrogen (secondary N) is 5. The summed E-state index contributed by atoms with van der Waals surface area (Å²) >= 11 is 0. The number of nitro groups is 1. The Morgan fingerprint density at radius 1 is 0.873 bits per heavy atom. The monoisotopic (exact) mass is 1000 g/mol. The van der Waals surface area contributed by atoms with E-state index < -0.39 is 28.7 Å². The van der Waals surface area contributed by atoms with Crippen LogP contribution >= 0.6 is 0 Å². The Morgan fingerprint density at radius 2 is 1.41 bits per heavy atom. The molecule has 21 heteroatoms. The lowest BCUT2D eigenvalue weighted by Crippen LogP contribution is -2.52. The molecule has 0 saturated carbocycles. The first-order chi connectivity index (χ1) is 33.1. The predicted molar refractivity (Wildman–Crippen MR) is 281 cm³/mol. The van der Waals surface area contributed by atoms with Crippen LogP contribution in [0.1, 0.15) is 93.2 Å². The Balaban J connectivity index is -0.000000398. The molecular formula is C50H86N10O11. The topological polar surface area (TPSA) is 326 Å². The van der Waals surface area contributed by atoms with Crippen LogP contribution in [0.5, 0.6) is 5.75 Å². The molecule has 402 valence electrons. The van der Waals surface area contributed by atoms with E-state index in [1.807, 2.05) is 40.0 Å². The number of nitrogens with two attached hydrogens (primary N) is 2. The van der Waals surface area contributed by atoms with Crippen molar-refractivity contribution in [3.8, 4) is 5.75 Å². The first kappa shape index (κ1) is 70.7. The second-order valence-electron chi connectivity index (χ2n) is 17.7. The van der Waals surface area contributed by atoms with Crippen molar-refractivity contribution >= 4 is 58.9 Å². The van der Waals surface area contributed by atoms with Crippen LogP contribution in [0.3, 0.4) is 0 Å². The number of phenolic OH excluding ortho intramolecular Hbond substituents is 1. The number of para-hydroxylation sites is 1. The van der Waals surface area contributed by atoms with Crippen LogP contribution in [-0.2, 0) is 33.6 Å². The smallest absolute Gasteiger partial charge is 0.310 e. The number of hydrogen-bond acceptors (Lipinski definition) is 12. The Hall–Kier alpha value is -6.87. The molecule has 1 aromatic heterocycles. The van der Waals surface area contributed by atoms with Crippen molar-refractivity contribution in [3.05, 3.63) is 82.6 Å². The summed E-state index contributed by atoms with van der Waals surface area (Å²) in [5, 5.41) is 39.3. The Morgan fingerprint density at radius 3 is 1.83 bits per heavy atom. The number of amides is 7. The molecule has 0 fully saturated rings. The number of fused-ring (bicyclic) bond motifs is 1. The number of H-pyrrole nitrogens is 1. The van der Waals surface area contributed by atoms with Crippen LogP contribution in [0.15, 0.2) is 61.3 Å². The zero-order valence-electron chi connectivity index (χ0n) is 44.5. The van der Waals surface area contributed by atoms with Gasteiger partial charge >= 0.3 is 5.69 Å². The van der Waals surface area contributed by atoms with Gasteiger partial charge in [0.1, 0.15) is 6.04 Å². The van der Waals surface area contributed by atoms with Gasteiger partial charge in [-0.25, -0.2) is 0 Å². The first-order valence-electron chi connectivity index (χ1n) is 23.2. The highest BCUT2D eigenvalue weighted by atomic mass is 16.6. The number of aromatic nitrogens is 1. The number of rotatable bonds is 19. The van der Waals surface area contributed by atoms with Gasteiger partial charge in [-0.3, -0.25) is 43.7 Å². The number of aryl methyl sites for hydroxylation is 2. The number of carbonyl (C=O) groups excluding carboxylic acids is 7. The SMILES string of the molecule is C=CC.CC(C)C.CC(C)CC(C(=O)NCC(=O)NC(C)CO)N(C)C(=O)CN.CC(C)CC(C)NC(=O)CN(C)C=O.Cc1c[nH]c2ccccc12.Cc1ccc(O)c([N+](=O)[O-])c1.NC(=O)CNC=O. The maximum absolute atomic E-state index is 12.2. The standard InChI is InChI=1S/C14H28N4O4.C10H20N2O2.C9H9N.C7H7NO3.C4H10.C3H6N2O2.C3H6/c1-9(2)5-11(18(4)13(21)6-15)14(22)16-7-12(20)17-10(3)8-19;1-8(2)5-9(3)11-10(14)6-12(4)7-13;1-7-6-10-9-5-3-2-4-8(7)9;1-5-2-3-7(9)6(4-5)8(10)11;1-4(2)3;4-3(7)1-5-2-6;1-3-2/h9-11,19H,5-8,15H2,1-4H3,(H,16,22)(H,17,20);7-9H,5-6H2,1-4H3,(H,11,14);2-6,10H,1H3;2-4,9H,1H3;4H,1-3H3;2H,1H2,(H2,4,7)(H,5,6);3H,1H2,2H3. The lowest BCUT2D eigenvalue weighted by molar-refractivity contribution is -0.385. The first-order valence-corrected chi connectivity index (χ1v) is 23.2. The molecule has 0 aliphatic rings. The van der Waals surface area contributed by atoms with Crippen molar-refractivity contribution in [1.29, 1.82) is 0 Å². The minimum absolute atomic E-state index is 0.0799. The van der Waals surface area contributed by atoms with E-state index in [0.717, 1.165) is 17.9 Å². The summed E-state index contributed by atoms with van der Waals surface area (Å²) in [6.07, 6.45) is 6.28. The van der Waals surface area contributed by atoms with Crippen LogP contribution in [0.25, 0.3) is 10.9 Å². The number of aliphatic hydroxyl groups is 1. The van der Waals surface area contributed by atoms with E-state index in [-0.39, 0.29) is 74.0 Å². The molecule has 71 heavy (non-hydrogen) atoms. The van der Waals surface area contributed by atoms with Gasteiger partial charge in [-0.15, -0.1) is 6.58 Å². The number of aliphatic hydroxyl groups excluding tert-OH is 1. The summed E-state index contributed by atoms with van der Waals surface area (Å²) in [5.41, 5.74) is 13.0. The Labute approximate surface area is 421 Å². The van der Waals surface area contributed by atoms with Gasteiger partial charge in [-0.05, 0) is 88.5 Å². The van der Waals surface area contributed by atoms with Gasteiger partial charge in [0.25, 0.3) is 0 Å². The van der Waals surface area contributed by atoms with E-state index in [1.54, 1.807) is 33.0 Å². The van der Waals surface area contributed by atoms with Crippen molar-refractivity contribution < 1.29 is 48.7 Å². The molecule has 3 unspecified atom stereocenters. The molecule has 3 rings (SSSR count). The quantitative estimate of drug-likeness (QED) is 0.0353. The van der Waals surface area contributed by atoms with Crippen LogP contribution in [0, 0.1) is 41.7 Å². The number of aromatic hydroxyl groups is 1. The number of primary amides is 1. The molecule has 0 saturated heterocycles. The van der Waals surface area contributed by atoms with Gasteiger partial charge in [-0.1, -0.05) is 78.8 Å². The number of allylic oxidation sites excluding steroid dienone is 1. The molecule has 3 atom stereocenters. The molecule has 21 nitrogen and oxygen atoms in total. The highest BCUT2D eigenvalue weighted by molar-refractivity contribution is 5.91. The number of carbonyl (C=O) groups is 7. The largest absolute Gasteiger partial charge is 0.502 e. The molecule has 0 radical (unpaired) electrons. The van der Waals surface area contributed by atoms with Crippen molar-refractivity contribution in [2.75, 3.05) is 46.9 Å². The van der Waals surface area contributed by atoms with Crippen molar-refractivity contribution in [3.63, 3.8) is 0 Å². The average Bonchev–Trinajstić information content (AvgIpc) is 3.67. The molecular weight excluding hydrogens is 917 g/mol. The van der Waals surface area contributed by atoms with Gasteiger partial charge in [0.15, 0.2) is 5.75 Å². The summed E-state index contributed by atoms with van der Waals surface area (Å²) in [5.74, 6) is -0.462. The highest BCUT2D eigenvalue weighted by Crippen LogP contribution is 2.25. The zero-order valence-corrected chi connectivity index (χ0v) is 44.5. The number of aromatic amines is 1. The summed E-state index contributed by atoms with van der Waals surface area (Å²) in [6, 6.07) is 11.7. The number of likely N-dealkylation sites (N-methyl/N-ethyl adjacent to an activating group) is 2. The molecule has 0 aliphatic carbocycles. The Kier molecular flexibility index (Phi) is 41.9. The van der Waals surface area contributed by atoms with Gasteiger partial charge in [-0.2, -0.15) is 0 Å². The number of hydrogen-bond donors (Lipinski definition) is 9. The lowest BCUT2D eigenvalue weighted by Gasteiger charge is -2.28. The van der Waals surface area contributed by atoms with E-state index in [1.165, 1.54) is 45.4 Å². The van der Waals surface area contributed by atoms with Crippen LogP contribution in [0.4, 0.5) is 5.69 Å². The fourth-order valence-corrected chi connectivity index (χ4v) is 5.35. The molecule has 0 bridgehead atoms. The number of nitro benzene ring substituents is 1. The van der Waals surface area contributed by atoms with Gasteiger partial charge in [0, 0.05) is 49.3 Å².